The van der Waals surface area contributed by atoms with Gasteiger partial charge in [-0.2, -0.15) is 0 Å². The van der Waals surface area contributed by atoms with Crippen LogP contribution in [0.3, 0.4) is 0 Å². The smallest absolute Gasteiger partial charge is 0.0386 e. The molecular formula is C16H28N2S. The molecule has 1 unspecified atom stereocenters. The van der Waals surface area contributed by atoms with Crippen molar-refractivity contribution in [1.29, 1.82) is 0 Å². The van der Waals surface area contributed by atoms with Crippen LogP contribution in [-0.2, 0) is 0 Å². The molecule has 3 heteroatoms. The van der Waals surface area contributed by atoms with E-state index in [9.17, 15) is 0 Å². The van der Waals surface area contributed by atoms with Crippen molar-refractivity contribution in [3.63, 3.8) is 0 Å². The Morgan fingerprint density at radius 1 is 1.32 bits per heavy atom. The van der Waals surface area contributed by atoms with Gasteiger partial charge in [-0.15, -0.1) is 11.3 Å². The van der Waals surface area contributed by atoms with E-state index in [1.165, 1.54) is 37.2 Å². The second kappa shape index (κ2) is 7.41. The summed E-state index contributed by atoms with van der Waals surface area (Å²) < 4.78 is 0. The molecular weight excluding hydrogens is 252 g/mol. The van der Waals surface area contributed by atoms with Crippen molar-refractivity contribution < 1.29 is 0 Å². The van der Waals surface area contributed by atoms with E-state index in [2.05, 4.69) is 48.5 Å². The predicted molar refractivity (Wildman–Crippen MR) is 84.8 cm³/mol. The fraction of sp³-hybridized carbons (Fsp3) is 0.750. The quantitative estimate of drug-likeness (QED) is 0.738. The van der Waals surface area contributed by atoms with Crippen LogP contribution in [-0.4, -0.2) is 30.6 Å². The maximum absolute atomic E-state index is 3.65. The maximum Gasteiger partial charge on any atom is 0.0386 e. The van der Waals surface area contributed by atoms with Gasteiger partial charge in [0.25, 0.3) is 0 Å². The van der Waals surface area contributed by atoms with Crippen molar-refractivity contribution in [2.24, 2.45) is 5.92 Å². The molecule has 2 rings (SSSR count). The molecule has 0 bridgehead atoms. The van der Waals surface area contributed by atoms with Gasteiger partial charge in [-0.1, -0.05) is 19.9 Å². The van der Waals surface area contributed by atoms with Gasteiger partial charge in [0.15, 0.2) is 0 Å². The maximum atomic E-state index is 3.65. The predicted octanol–water partition coefficient (Wildman–Crippen LogP) is 3.91. The monoisotopic (exact) mass is 280 g/mol. The Morgan fingerprint density at radius 3 is 2.68 bits per heavy atom. The van der Waals surface area contributed by atoms with Gasteiger partial charge in [-0.3, -0.25) is 4.90 Å². The number of nitrogens with zero attached hydrogens (tertiary/aromatic N) is 1. The Hall–Kier alpha value is -0.380. The fourth-order valence-electron chi connectivity index (χ4n) is 2.40. The van der Waals surface area contributed by atoms with Crippen LogP contribution in [0.4, 0.5) is 0 Å². The summed E-state index contributed by atoms with van der Waals surface area (Å²) in [5.74, 6) is 0.819. The second-order valence-electron chi connectivity index (χ2n) is 6.14. The van der Waals surface area contributed by atoms with E-state index in [1.54, 1.807) is 0 Å². The molecule has 1 aliphatic rings. The Balaban J connectivity index is 1.67. The van der Waals surface area contributed by atoms with Crippen molar-refractivity contribution >= 4 is 11.3 Å². The zero-order chi connectivity index (χ0) is 13.7. The van der Waals surface area contributed by atoms with E-state index in [4.69, 9.17) is 0 Å². The summed E-state index contributed by atoms with van der Waals surface area (Å²) >= 11 is 1.85. The van der Waals surface area contributed by atoms with Crippen LogP contribution >= 0.6 is 11.3 Å². The van der Waals surface area contributed by atoms with Crippen molar-refractivity contribution in [2.75, 3.05) is 19.6 Å². The minimum atomic E-state index is 0.492. The topological polar surface area (TPSA) is 15.3 Å². The molecule has 0 aliphatic heterocycles. The van der Waals surface area contributed by atoms with Crippen LogP contribution < -0.4 is 5.32 Å². The summed E-state index contributed by atoms with van der Waals surface area (Å²) in [5, 5.41) is 5.81. The van der Waals surface area contributed by atoms with Gasteiger partial charge in [0, 0.05) is 30.1 Å². The van der Waals surface area contributed by atoms with Gasteiger partial charge >= 0.3 is 0 Å². The summed E-state index contributed by atoms with van der Waals surface area (Å²) in [6, 6.07) is 5.74. The average Bonchev–Trinajstić information content (AvgIpc) is 3.06. The number of rotatable bonds is 9. The summed E-state index contributed by atoms with van der Waals surface area (Å²) in [5.41, 5.74) is 0. The van der Waals surface area contributed by atoms with Gasteiger partial charge in [-0.25, -0.2) is 0 Å². The minimum Gasteiger partial charge on any atom is -0.308 e. The van der Waals surface area contributed by atoms with E-state index >= 15 is 0 Å². The third-order valence-corrected chi connectivity index (χ3v) is 4.93. The van der Waals surface area contributed by atoms with Gasteiger partial charge in [0.2, 0.25) is 0 Å². The largest absolute Gasteiger partial charge is 0.308 e. The minimum absolute atomic E-state index is 0.492. The molecule has 0 radical (unpaired) electrons. The Labute approximate surface area is 122 Å². The van der Waals surface area contributed by atoms with Gasteiger partial charge in [0.05, 0.1) is 0 Å². The number of hydrogen-bond donors (Lipinski definition) is 1. The summed E-state index contributed by atoms with van der Waals surface area (Å²) in [4.78, 5) is 4.13. The Kier molecular flexibility index (Phi) is 5.86. The van der Waals surface area contributed by atoms with Crippen LogP contribution in [0, 0.1) is 5.92 Å². The van der Waals surface area contributed by atoms with Crippen molar-refractivity contribution in [3.8, 4) is 0 Å². The van der Waals surface area contributed by atoms with Crippen molar-refractivity contribution in [3.05, 3.63) is 22.4 Å². The Bertz CT molecular complexity index is 344. The molecule has 1 N–H and O–H groups in total. The molecule has 1 fully saturated rings. The third kappa shape index (κ3) is 5.25. The number of thiophene rings is 1. The number of hydrogen-bond acceptors (Lipinski definition) is 3. The fourth-order valence-corrected chi connectivity index (χ4v) is 3.16. The third-order valence-electron chi connectivity index (χ3n) is 3.88. The molecule has 1 aromatic rings. The lowest BCUT2D eigenvalue weighted by atomic mass is 10.1. The van der Waals surface area contributed by atoms with Crippen LogP contribution in [0.15, 0.2) is 17.5 Å². The zero-order valence-corrected chi connectivity index (χ0v) is 13.4. The van der Waals surface area contributed by atoms with E-state index in [0.717, 1.165) is 18.5 Å². The lowest BCUT2D eigenvalue weighted by molar-refractivity contribution is 0.245. The molecule has 0 aromatic carbocycles. The molecule has 1 aromatic heterocycles. The standard InChI is InChI=1S/C16H28N2S/c1-13(2)8-10-18(15-6-7-15)11-9-17-14(3)16-5-4-12-19-16/h4-5,12-15,17H,6-11H2,1-3H3. The molecule has 1 atom stereocenters. The molecule has 108 valence electrons. The first-order valence-electron chi connectivity index (χ1n) is 7.67. The summed E-state index contributed by atoms with van der Waals surface area (Å²) in [6.07, 6.45) is 4.16. The van der Waals surface area contributed by atoms with Crippen LogP contribution in [0.1, 0.15) is 51.0 Å². The Morgan fingerprint density at radius 2 is 2.11 bits per heavy atom. The normalized spacial score (nSPS) is 17.3. The molecule has 0 spiro atoms. The van der Waals surface area contributed by atoms with E-state index in [1.807, 2.05) is 11.3 Å². The van der Waals surface area contributed by atoms with Gasteiger partial charge in [-0.05, 0) is 50.1 Å². The zero-order valence-electron chi connectivity index (χ0n) is 12.6. The van der Waals surface area contributed by atoms with Crippen LogP contribution in [0.25, 0.3) is 0 Å². The van der Waals surface area contributed by atoms with E-state index in [0.29, 0.717) is 6.04 Å². The lowest BCUT2D eigenvalue weighted by Gasteiger charge is -2.24. The van der Waals surface area contributed by atoms with Crippen molar-refractivity contribution in [2.45, 2.75) is 52.1 Å². The van der Waals surface area contributed by atoms with Crippen molar-refractivity contribution in [1.82, 2.24) is 10.2 Å². The molecule has 0 amide bonds. The highest BCUT2D eigenvalue weighted by molar-refractivity contribution is 7.10. The molecule has 1 saturated carbocycles. The molecule has 19 heavy (non-hydrogen) atoms. The lowest BCUT2D eigenvalue weighted by Crippen LogP contribution is -2.35. The van der Waals surface area contributed by atoms with Gasteiger partial charge in [0.1, 0.15) is 0 Å². The van der Waals surface area contributed by atoms with Crippen LogP contribution in [0.5, 0.6) is 0 Å². The highest BCUT2D eigenvalue weighted by atomic mass is 32.1. The SMILES string of the molecule is CC(C)CCN(CCNC(C)c1cccs1)C1CC1. The number of nitrogens with one attached hydrogen (secondary N) is 1. The molecule has 1 aliphatic carbocycles. The highest BCUT2D eigenvalue weighted by Gasteiger charge is 2.28. The van der Waals surface area contributed by atoms with Gasteiger partial charge < -0.3 is 5.32 Å². The first kappa shape index (κ1) is 15.0. The average molecular weight is 280 g/mol. The highest BCUT2D eigenvalue weighted by Crippen LogP contribution is 2.27. The first-order valence-corrected chi connectivity index (χ1v) is 8.55. The molecule has 1 heterocycles. The van der Waals surface area contributed by atoms with E-state index in [-0.39, 0.29) is 0 Å². The summed E-state index contributed by atoms with van der Waals surface area (Å²) in [6.45, 7) is 10.5. The first-order chi connectivity index (χ1) is 9.16. The summed E-state index contributed by atoms with van der Waals surface area (Å²) in [7, 11) is 0. The second-order valence-corrected chi connectivity index (χ2v) is 7.12. The molecule has 0 saturated heterocycles. The van der Waals surface area contributed by atoms with Crippen LogP contribution in [0.2, 0.25) is 0 Å². The molecule has 2 nitrogen and oxygen atoms in total. The van der Waals surface area contributed by atoms with E-state index < -0.39 is 0 Å².